The van der Waals surface area contributed by atoms with Gasteiger partial charge in [-0.15, -0.1) is 0 Å². The Kier molecular flexibility index (Phi) is 6.84. The van der Waals surface area contributed by atoms with E-state index in [1.165, 1.54) is 31.9 Å². The van der Waals surface area contributed by atoms with Gasteiger partial charge in [0.25, 0.3) is 0 Å². The Labute approximate surface area is 182 Å². The molecule has 2 N–H and O–H groups in total. The van der Waals surface area contributed by atoms with E-state index in [9.17, 15) is 13.7 Å². The summed E-state index contributed by atoms with van der Waals surface area (Å²) in [6.45, 7) is 2.13. The van der Waals surface area contributed by atoms with E-state index in [0.29, 0.717) is 5.69 Å². The van der Waals surface area contributed by atoms with Crippen molar-refractivity contribution in [3.63, 3.8) is 0 Å². The fourth-order valence-electron chi connectivity index (χ4n) is 2.91. The highest BCUT2D eigenvalue weighted by Crippen LogP contribution is 2.28. The molecule has 31 heavy (non-hydrogen) atoms. The van der Waals surface area contributed by atoms with Gasteiger partial charge in [0.15, 0.2) is 5.82 Å². The molecule has 0 unspecified atom stereocenters. The lowest BCUT2D eigenvalue weighted by atomic mass is 10.1. The first-order valence-electron chi connectivity index (χ1n) is 9.77. The monoisotopic (exact) mass is 436 g/mol. The van der Waals surface area contributed by atoms with Gasteiger partial charge in [-0.25, -0.2) is 17.7 Å². The lowest BCUT2D eigenvalue weighted by Gasteiger charge is -2.16. The third kappa shape index (κ3) is 5.17. The number of aromatic nitrogens is 2. The topological polar surface area (TPSA) is 111 Å². The molecule has 0 aliphatic carbocycles. The van der Waals surface area contributed by atoms with Crippen molar-refractivity contribution >= 4 is 33.2 Å². The van der Waals surface area contributed by atoms with Crippen LogP contribution in [0.2, 0.25) is 0 Å². The molecule has 0 radical (unpaired) electrons. The maximum atomic E-state index is 12.7. The normalized spacial score (nSPS) is 11.2. The van der Waals surface area contributed by atoms with E-state index in [-0.39, 0.29) is 22.2 Å². The molecule has 1 aromatic heterocycles. The number of hydrogen-bond donors (Lipinski definition) is 2. The number of nitriles is 1. The Morgan fingerprint density at radius 2 is 1.77 bits per heavy atom. The Bertz CT molecular complexity index is 1200. The van der Waals surface area contributed by atoms with E-state index in [4.69, 9.17) is 0 Å². The second-order valence-corrected chi connectivity index (χ2v) is 9.17. The molecule has 0 fully saturated rings. The fourth-order valence-corrected chi connectivity index (χ4v) is 3.95. The minimum atomic E-state index is -3.69. The minimum Gasteiger partial charge on any atom is -0.338 e. The second kappa shape index (κ2) is 9.55. The molecule has 1 heterocycles. The van der Waals surface area contributed by atoms with E-state index < -0.39 is 10.0 Å². The zero-order chi connectivity index (χ0) is 22.4. The summed E-state index contributed by atoms with van der Waals surface area (Å²) in [6, 6.07) is 16.5. The molecule has 2 aromatic carbocycles. The summed E-state index contributed by atoms with van der Waals surface area (Å²) in [5, 5.41) is 15.6. The second-order valence-electron chi connectivity index (χ2n) is 7.05. The first kappa shape index (κ1) is 22.2. The highest BCUT2D eigenvalue weighted by Gasteiger charge is 2.21. The first-order chi connectivity index (χ1) is 14.8. The van der Waals surface area contributed by atoms with Crippen molar-refractivity contribution in [2.24, 2.45) is 0 Å². The Morgan fingerprint density at radius 1 is 1.06 bits per heavy atom. The smallest absolute Gasteiger partial charge is 0.244 e. The summed E-state index contributed by atoms with van der Waals surface area (Å²) < 4.78 is 26.4. The molecule has 8 nitrogen and oxygen atoms in total. The molecule has 160 valence electrons. The van der Waals surface area contributed by atoms with Crippen LogP contribution in [0.15, 0.2) is 59.6 Å². The Balaban J connectivity index is 1.92. The average molecular weight is 437 g/mol. The molecule has 3 rings (SSSR count). The highest BCUT2D eigenvalue weighted by atomic mass is 32.2. The van der Waals surface area contributed by atoms with Gasteiger partial charge >= 0.3 is 0 Å². The van der Waals surface area contributed by atoms with Gasteiger partial charge < -0.3 is 10.6 Å². The van der Waals surface area contributed by atoms with Crippen LogP contribution in [0.5, 0.6) is 0 Å². The van der Waals surface area contributed by atoms with Crippen molar-refractivity contribution in [2.45, 2.75) is 24.7 Å². The third-order valence-corrected chi connectivity index (χ3v) is 6.43. The molecule has 0 aliphatic heterocycles. The largest absolute Gasteiger partial charge is 0.338 e. The van der Waals surface area contributed by atoms with Gasteiger partial charge in [0, 0.05) is 19.8 Å². The van der Waals surface area contributed by atoms with Crippen LogP contribution in [0.25, 0.3) is 0 Å². The molecular formula is C22H24N6O2S. The van der Waals surface area contributed by atoms with E-state index in [2.05, 4.69) is 27.5 Å². The van der Waals surface area contributed by atoms with E-state index in [1.54, 1.807) is 18.2 Å². The maximum Gasteiger partial charge on any atom is 0.244 e. The number of nitrogens with one attached hydrogen (secondary N) is 2. The molecule has 9 heteroatoms. The fraction of sp³-hybridized carbons (Fsp3) is 0.227. The summed E-state index contributed by atoms with van der Waals surface area (Å²) in [5.74, 6) is 0.502. The average Bonchev–Trinajstić information content (AvgIpc) is 2.76. The molecule has 0 saturated carbocycles. The number of hydrogen-bond acceptors (Lipinski definition) is 7. The Hall–Kier alpha value is -3.48. The maximum absolute atomic E-state index is 12.7. The van der Waals surface area contributed by atoms with Crippen LogP contribution in [-0.2, 0) is 16.4 Å². The van der Waals surface area contributed by atoms with Crippen LogP contribution in [0.3, 0.4) is 0 Å². The van der Waals surface area contributed by atoms with Crippen LogP contribution in [0, 0.1) is 11.3 Å². The Morgan fingerprint density at radius 3 is 2.42 bits per heavy atom. The molecular weight excluding hydrogens is 412 g/mol. The number of sulfonamides is 1. The van der Waals surface area contributed by atoms with Crippen molar-refractivity contribution in [3.05, 3.63) is 65.9 Å². The van der Waals surface area contributed by atoms with Crippen molar-refractivity contribution in [2.75, 3.05) is 24.7 Å². The highest BCUT2D eigenvalue weighted by molar-refractivity contribution is 7.89. The summed E-state index contributed by atoms with van der Waals surface area (Å²) in [4.78, 5) is 8.68. The van der Waals surface area contributed by atoms with E-state index in [0.717, 1.165) is 22.8 Å². The predicted molar refractivity (Wildman–Crippen MR) is 121 cm³/mol. The molecule has 3 aromatic rings. The molecule has 0 saturated heterocycles. The van der Waals surface area contributed by atoms with E-state index >= 15 is 0 Å². The summed E-state index contributed by atoms with van der Waals surface area (Å²) in [5.41, 5.74) is 2.57. The summed E-state index contributed by atoms with van der Waals surface area (Å²) >= 11 is 0. The predicted octanol–water partition coefficient (Wildman–Crippen LogP) is 4.04. The van der Waals surface area contributed by atoms with Gasteiger partial charge in [-0.1, -0.05) is 37.6 Å². The molecule has 0 bridgehead atoms. The van der Waals surface area contributed by atoms with Crippen LogP contribution < -0.4 is 10.6 Å². The number of nitrogens with zero attached hydrogens (tertiary/aromatic N) is 4. The van der Waals surface area contributed by atoms with Crippen molar-refractivity contribution < 1.29 is 8.42 Å². The van der Waals surface area contributed by atoms with Crippen LogP contribution in [0.1, 0.15) is 24.5 Å². The van der Waals surface area contributed by atoms with Gasteiger partial charge in [-0.2, -0.15) is 10.2 Å². The number of rotatable bonds is 8. The number of para-hydroxylation sites is 1. The lowest BCUT2D eigenvalue weighted by molar-refractivity contribution is 0.521. The zero-order valence-corrected chi connectivity index (χ0v) is 18.4. The van der Waals surface area contributed by atoms with Gasteiger partial charge in [-0.05, 0) is 36.2 Å². The van der Waals surface area contributed by atoms with Crippen LogP contribution in [0.4, 0.5) is 23.1 Å². The lowest BCUT2D eigenvalue weighted by Crippen LogP contribution is -2.23. The van der Waals surface area contributed by atoms with Gasteiger partial charge in [0.1, 0.15) is 16.5 Å². The number of aryl methyl sites for hydroxylation is 1. The van der Waals surface area contributed by atoms with Crippen LogP contribution >= 0.6 is 0 Å². The summed E-state index contributed by atoms with van der Waals surface area (Å²) in [6.07, 6.45) is 3.48. The van der Waals surface area contributed by atoms with Gasteiger partial charge in [0.2, 0.25) is 16.0 Å². The van der Waals surface area contributed by atoms with Gasteiger partial charge in [-0.3, -0.25) is 0 Å². The number of benzene rings is 2. The summed E-state index contributed by atoms with van der Waals surface area (Å²) in [7, 11) is -0.759. The molecule has 0 atom stereocenters. The quantitative estimate of drug-likeness (QED) is 0.548. The molecule has 0 amide bonds. The van der Waals surface area contributed by atoms with Crippen LogP contribution in [-0.4, -0.2) is 36.8 Å². The first-order valence-corrected chi connectivity index (χ1v) is 11.2. The van der Waals surface area contributed by atoms with Gasteiger partial charge in [0.05, 0.1) is 11.9 Å². The molecule has 0 spiro atoms. The zero-order valence-electron chi connectivity index (χ0n) is 17.6. The van der Waals surface area contributed by atoms with Crippen molar-refractivity contribution in [1.29, 1.82) is 5.26 Å². The SMILES string of the molecule is CCCc1ccc(Nc2ncc(C#N)c(Nc3ccccc3S(=O)(=O)N(C)C)n2)cc1. The minimum absolute atomic E-state index is 0.0866. The number of anilines is 4. The van der Waals surface area contributed by atoms with Crippen molar-refractivity contribution in [3.8, 4) is 6.07 Å². The standard InChI is InChI=1S/C22H24N6O2S/c1-4-7-16-10-12-18(13-11-16)25-22-24-15-17(14-23)21(27-22)26-19-8-5-6-9-20(19)31(29,30)28(2)3/h5-6,8-13,15H,4,7H2,1-3H3,(H2,24,25,26,27). The van der Waals surface area contributed by atoms with Crippen molar-refractivity contribution in [1.82, 2.24) is 14.3 Å². The molecule has 0 aliphatic rings. The third-order valence-electron chi connectivity index (χ3n) is 4.56. The van der Waals surface area contributed by atoms with E-state index in [1.807, 2.05) is 30.3 Å².